The average molecular weight is 484 g/mol. The fourth-order valence-corrected chi connectivity index (χ4v) is 5.45. The third kappa shape index (κ3) is 3.92. The number of rotatable bonds is 5. The summed E-state index contributed by atoms with van der Waals surface area (Å²) in [6.45, 7) is 2.85. The molecule has 2 aliphatic heterocycles. The Hall–Kier alpha value is -2.50. The van der Waals surface area contributed by atoms with Crippen molar-refractivity contribution in [3.8, 4) is 10.7 Å². The molecule has 3 aromatic rings. The molecule has 0 spiro atoms. The number of carbonyl (C=O) groups is 1. The molecule has 5 rings (SSSR count). The van der Waals surface area contributed by atoms with E-state index in [1.165, 1.54) is 17.4 Å². The van der Waals surface area contributed by atoms with Gasteiger partial charge >= 0.3 is 5.97 Å². The van der Waals surface area contributed by atoms with E-state index in [1.807, 2.05) is 0 Å². The van der Waals surface area contributed by atoms with E-state index in [4.69, 9.17) is 28.3 Å². The summed E-state index contributed by atoms with van der Waals surface area (Å²) < 4.78 is 14.0. The first-order valence-electron chi connectivity index (χ1n) is 9.47. The highest BCUT2D eigenvalue weighted by molar-refractivity contribution is 7.18. The predicted octanol–water partition coefficient (Wildman–Crippen LogP) is 2.90. The maximum atomic E-state index is 14.0. The molecular formula is C18H16Cl2FN7O2S. The van der Waals surface area contributed by atoms with Gasteiger partial charge in [0.2, 0.25) is 5.82 Å². The van der Waals surface area contributed by atoms with Crippen LogP contribution in [-0.2, 0) is 11.3 Å². The van der Waals surface area contributed by atoms with Crippen LogP contribution in [0.15, 0.2) is 18.3 Å². The van der Waals surface area contributed by atoms with Gasteiger partial charge in [0.1, 0.15) is 5.82 Å². The molecule has 2 fully saturated rings. The van der Waals surface area contributed by atoms with Crippen LogP contribution in [-0.4, -0.2) is 62.4 Å². The summed E-state index contributed by atoms with van der Waals surface area (Å²) in [6, 6.07) is 2.94. The van der Waals surface area contributed by atoms with Crippen LogP contribution in [0, 0.1) is 17.7 Å². The third-order valence-corrected chi connectivity index (χ3v) is 7.16. The number of fused-ring (bicyclic) bond motifs is 1. The molecule has 2 unspecified atom stereocenters. The molecule has 1 N–H and O–H groups in total. The van der Waals surface area contributed by atoms with Crippen LogP contribution in [0.4, 0.5) is 15.2 Å². The van der Waals surface area contributed by atoms with Gasteiger partial charge in [-0.15, -0.1) is 10.2 Å². The van der Waals surface area contributed by atoms with Gasteiger partial charge in [-0.1, -0.05) is 34.5 Å². The van der Waals surface area contributed by atoms with Crippen molar-refractivity contribution in [3.63, 3.8) is 0 Å². The second-order valence-electron chi connectivity index (χ2n) is 7.60. The Morgan fingerprint density at radius 1 is 1.19 bits per heavy atom. The van der Waals surface area contributed by atoms with Gasteiger partial charge < -0.3 is 14.9 Å². The Bertz CT molecular complexity index is 1140. The summed E-state index contributed by atoms with van der Waals surface area (Å²) in [4.78, 5) is 21.4. The molecule has 162 valence electrons. The molecule has 0 bridgehead atoms. The standard InChI is InChI=1S/C18H16Cl2FN7O2S/c19-11-1-12(21)16(20)13(2-11)26-4-9-6-27(7-10(9)5-26)18-22-3-14(31-18)17-23-25-28(24-17)8-15(29)30/h1-3,9-10H,4-8H2,(H,29,30). The van der Waals surface area contributed by atoms with Gasteiger partial charge in [-0.2, -0.15) is 4.80 Å². The number of carboxylic acids is 1. The minimum Gasteiger partial charge on any atom is -0.480 e. The molecule has 0 saturated carbocycles. The fraction of sp³-hybridized carbons (Fsp3) is 0.389. The number of tetrazole rings is 1. The van der Waals surface area contributed by atoms with E-state index in [-0.39, 0.29) is 11.6 Å². The molecule has 2 saturated heterocycles. The van der Waals surface area contributed by atoms with E-state index in [1.54, 1.807) is 12.3 Å². The van der Waals surface area contributed by atoms with Crippen molar-refractivity contribution in [2.24, 2.45) is 11.8 Å². The minimum atomic E-state index is -1.03. The summed E-state index contributed by atoms with van der Waals surface area (Å²) in [7, 11) is 0. The highest BCUT2D eigenvalue weighted by Gasteiger charge is 2.41. The monoisotopic (exact) mass is 483 g/mol. The molecule has 1 aromatic carbocycles. The molecule has 2 aromatic heterocycles. The first kappa shape index (κ1) is 20.4. The Balaban J connectivity index is 1.26. The molecular weight excluding hydrogens is 468 g/mol. The number of nitrogens with zero attached hydrogens (tertiary/aromatic N) is 7. The third-order valence-electron chi connectivity index (χ3n) is 5.51. The first-order chi connectivity index (χ1) is 14.9. The number of anilines is 2. The summed E-state index contributed by atoms with van der Waals surface area (Å²) in [5, 5.41) is 21.9. The molecule has 13 heteroatoms. The Labute approximate surface area is 190 Å². The summed E-state index contributed by atoms with van der Waals surface area (Å²) in [5.74, 6) is -0.381. The van der Waals surface area contributed by atoms with Crippen molar-refractivity contribution in [3.05, 3.63) is 34.2 Å². The highest BCUT2D eigenvalue weighted by Crippen LogP contribution is 2.41. The van der Waals surface area contributed by atoms with Crippen LogP contribution in [0.2, 0.25) is 10.0 Å². The Kier molecular flexibility index (Phi) is 5.19. The van der Waals surface area contributed by atoms with E-state index in [0.29, 0.717) is 28.4 Å². The zero-order valence-electron chi connectivity index (χ0n) is 16.0. The summed E-state index contributed by atoms with van der Waals surface area (Å²) >= 11 is 13.6. The maximum Gasteiger partial charge on any atom is 0.327 e. The number of benzene rings is 1. The van der Waals surface area contributed by atoms with Crippen LogP contribution in [0.1, 0.15) is 0 Å². The lowest BCUT2D eigenvalue weighted by atomic mass is 10.0. The quantitative estimate of drug-likeness (QED) is 0.552. The Morgan fingerprint density at radius 2 is 1.90 bits per heavy atom. The molecule has 0 radical (unpaired) electrons. The number of halogens is 3. The van der Waals surface area contributed by atoms with Crippen LogP contribution < -0.4 is 9.80 Å². The zero-order valence-corrected chi connectivity index (χ0v) is 18.3. The van der Waals surface area contributed by atoms with Gasteiger partial charge in [0.25, 0.3) is 0 Å². The molecule has 9 nitrogen and oxygen atoms in total. The number of carboxylic acid groups (broad SMARTS) is 1. The number of hydrogen-bond donors (Lipinski definition) is 1. The number of thiazole rings is 1. The van der Waals surface area contributed by atoms with E-state index >= 15 is 0 Å². The lowest BCUT2D eigenvalue weighted by molar-refractivity contribution is -0.138. The number of aromatic nitrogens is 5. The van der Waals surface area contributed by atoms with Crippen LogP contribution in [0.5, 0.6) is 0 Å². The minimum absolute atomic E-state index is 0.106. The highest BCUT2D eigenvalue weighted by atomic mass is 35.5. The zero-order chi connectivity index (χ0) is 21.7. The van der Waals surface area contributed by atoms with E-state index in [9.17, 15) is 9.18 Å². The largest absolute Gasteiger partial charge is 0.480 e. The molecule has 31 heavy (non-hydrogen) atoms. The average Bonchev–Trinajstić information content (AvgIpc) is 3.45. The van der Waals surface area contributed by atoms with Crippen molar-refractivity contribution in [2.75, 3.05) is 36.0 Å². The van der Waals surface area contributed by atoms with E-state index in [2.05, 4.69) is 30.2 Å². The SMILES string of the molecule is O=C(O)Cn1nnc(-c2cnc(N3CC4CN(c5cc(Cl)cc(F)c5Cl)CC4C3)s2)n1. The van der Waals surface area contributed by atoms with Crippen molar-refractivity contribution in [1.29, 1.82) is 0 Å². The topological polar surface area (TPSA) is 100 Å². The molecule has 0 amide bonds. The van der Waals surface area contributed by atoms with Gasteiger partial charge in [0.15, 0.2) is 11.7 Å². The van der Waals surface area contributed by atoms with E-state index < -0.39 is 11.8 Å². The maximum absolute atomic E-state index is 14.0. The Morgan fingerprint density at radius 3 is 2.61 bits per heavy atom. The van der Waals surface area contributed by atoms with Gasteiger partial charge in [0, 0.05) is 43.0 Å². The smallest absolute Gasteiger partial charge is 0.327 e. The lowest BCUT2D eigenvalue weighted by Gasteiger charge is -2.24. The van der Waals surface area contributed by atoms with Crippen LogP contribution in [0.3, 0.4) is 0 Å². The van der Waals surface area contributed by atoms with Crippen LogP contribution in [0.25, 0.3) is 10.7 Å². The van der Waals surface area contributed by atoms with Gasteiger partial charge in [-0.3, -0.25) is 4.79 Å². The molecule has 0 aliphatic carbocycles. The predicted molar refractivity (Wildman–Crippen MR) is 114 cm³/mol. The number of aliphatic carboxylic acids is 1. The number of hydrogen-bond acceptors (Lipinski definition) is 8. The summed E-state index contributed by atoms with van der Waals surface area (Å²) in [6.07, 6.45) is 1.68. The molecule has 2 aliphatic rings. The molecule has 4 heterocycles. The molecule has 2 atom stereocenters. The van der Waals surface area contributed by atoms with Crippen molar-refractivity contribution in [2.45, 2.75) is 6.54 Å². The second-order valence-corrected chi connectivity index (χ2v) is 9.42. The van der Waals surface area contributed by atoms with Crippen molar-refractivity contribution < 1.29 is 14.3 Å². The van der Waals surface area contributed by atoms with Crippen LogP contribution >= 0.6 is 34.5 Å². The first-order valence-corrected chi connectivity index (χ1v) is 11.0. The van der Waals surface area contributed by atoms with Gasteiger partial charge in [-0.25, -0.2) is 9.37 Å². The van der Waals surface area contributed by atoms with Gasteiger partial charge in [0.05, 0.1) is 21.8 Å². The fourth-order valence-electron chi connectivity index (χ4n) is 4.16. The second kappa shape index (κ2) is 7.88. The van der Waals surface area contributed by atoms with Gasteiger partial charge in [-0.05, 0) is 17.3 Å². The van der Waals surface area contributed by atoms with Crippen molar-refractivity contribution >= 4 is 51.3 Å². The van der Waals surface area contributed by atoms with E-state index in [0.717, 1.165) is 41.0 Å². The lowest BCUT2D eigenvalue weighted by Crippen LogP contribution is -2.28. The van der Waals surface area contributed by atoms with Crippen molar-refractivity contribution in [1.82, 2.24) is 25.2 Å². The summed E-state index contributed by atoms with van der Waals surface area (Å²) in [5.41, 5.74) is 0.639. The normalized spacial score (nSPS) is 20.5.